The maximum Gasteiger partial charge on any atom is 0.407 e. The molecule has 7 nitrogen and oxygen atoms in total. The molecule has 2 aliphatic heterocycles. The van der Waals surface area contributed by atoms with E-state index in [4.69, 9.17) is 9.15 Å². The number of carbonyl (C=O) groups excluding carboxylic acids is 2. The van der Waals surface area contributed by atoms with Crippen LogP contribution in [0, 0.1) is 0 Å². The summed E-state index contributed by atoms with van der Waals surface area (Å²) in [5.74, 6) is 0.692. The first kappa shape index (κ1) is 22.2. The number of amides is 2. The number of alkyl carbamates (subject to hydrolysis) is 1. The molecule has 2 aromatic rings. The predicted molar refractivity (Wildman–Crippen MR) is 123 cm³/mol. The van der Waals surface area contributed by atoms with E-state index in [0.717, 1.165) is 6.42 Å². The Morgan fingerprint density at radius 1 is 1.16 bits per heavy atom. The summed E-state index contributed by atoms with van der Waals surface area (Å²) in [5, 5.41) is 2.92. The summed E-state index contributed by atoms with van der Waals surface area (Å²) in [6.45, 7) is 9.49. The van der Waals surface area contributed by atoms with Gasteiger partial charge in [-0.05, 0) is 64.7 Å². The Bertz CT molecular complexity index is 970. The molecule has 3 heterocycles. The van der Waals surface area contributed by atoms with Crippen LogP contribution in [0.1, 0.15) is 62.2 Å². The van der Waals surface area contributed by atoms with Crippen LogP contribution in [0.25, 0.3) is 0 Å². The van der Waals surface area contributed by atoms with Gasteiger partial charge in [0.15, 0.2) is 0 Å². The molecule has 1 aromatic heterocycles. The summed E-state index contributed by atoms with van der Waals surface area (Å²) in [6.07, 6.45) is 3.60. The van der Waals surface area contributed by atoms with Crippen molar-refractivity contribution in [3.63, 3.8) is 0 Å². The fraction of sp³-hybridized carbons (Fsp3) is 0.520. The van der Waals surface area contributed by atoms with Gasteiger partial charge >= 0.3 is 6.09 Å². The van der Waals surface area contributed by atoms with Crippen molar-refractivity contribution in [1.82, 2.24) is 10.2 Å². The smallest absolute Gasteiger partial charge is 0.407 e. The number of furan rings is 1. The molecular formula is C25H33N3O4. The van der Waals surface area contributed by atoms with Crippen molar-refractivity contribution in [1.29, 1.82) is 0 Å². The van der Waals surface area contributed by atoms with Crippen molar-refractivity contribution in [3.8, 4) is 0 Å². The van der Waals surface area contributed by atoms with E-state index in [0.29, 0.717) is 49.8 Å². The Morgan fingerprint density at radius 3 is 2.59 bits per heavy atom. The molecule has 0 aliphatic carbocycles. The highest BCUT2D eigenvalue weighted by atomic mass is 16.6. The van der Waals surface area contributed by atoms with E-state index in [2.05, 4.69) is 35.3 Å². The summed E-state index contributed by atoms with van der Waals surface area (Å²) in [6, 6.07) is 10.6. The summed E-state index contributed by atoms with van der Waals surface area (Å²) in [7, 11) is 0. The number of anilines is 1. The van der Waals surface area contributed by atoms with Gasteiger partial charge < -0.3 is 24.3 Å². The molecule has 4 rings (SSSR count). The number of carbonyl (C=O) groups is 2. The Hall–Kier alpha value is -2.96. The van der Waals surface area contributed by atoms with Crippen molar-refractivity contribution in [2.45, 2.75) is 71.2 Å². The van der Waals surface area contributed by atoms with Gasteiger partial charge in [-0.2, -0.15) is 0 Å². The lowest BCUT2D eigenvalue weighted by Crippen LogP contribution is -2.47. The molecular weight excluding hydrogens is 406 g/mol. The molecule has 1 unspecified atom stereocenters. The fourth-order valence-electron chi connectivity index (χ4n) is 4.55. The molecule has 0 bridgehead atoms. The van der Waals surface area contributed by atoms with Crippen molar-refractivity contribution >= 4 is 17.7 Å². The topological polar surface area (TPSA) is 75.0 Å². The third-order valence-electron chi connectivity index (χ3n) is 6.14. The second kappa shape index (κ2) is 8.88. The van der Waals surface area contributed by atoms with Crippen molar-refractivity contribution in [2.75, 3.05) is 18.0 Å². The number of nitrogens with zero attached hydrogens (tertiary/aromatic N) is 2. The van der Waals surface area contributed by atoms with Crippen LogP contribution in [0.3, 0.4) is 0 Å². The number of rotatable bonds is 4. The standard InChI is InChI=1S/C25H33N3O4/c1-17-15-18-7-5-6-8-21(18)28(17)16-22-20(11-14-31-22)23(29)27-12-9-19(10-13-27)26-24(30)32-25(2,3)4/h5-8,11,14,17,19H,9-10,12-13,15-16H2,1-4H3,(H,26,30). The lowest BCUT2D eigenvalue weighted by molar-refractivity contribution is 0.0473. The Kier molecular flexibility index (Phi) is 6.17. The zero-order chi connectivity index (χ0) is 22.9. The van der Waals surface area contributed by atoms with Crippen LogP contribution in [0.15, 0.2) is 41.0 Å². The molecule has 1 fully saturated rings. The maximum atomic E-state index is 13.2. The molecule has 1 aromatic carbocycles. The molecule has 0 saturated carbocycles. The molecule has 32 heavy (non-hydrogen) atoms. The van der Waals surface area contributed by atoms with E-state index < -0.39 is 11.7 Å². The molecule has 0 spiro atoms. The van der Waals surface area contributed by atoms with Crippen molar-refractivity contribution < 1.29 is 18.7 Å². The molecule has 2 amide bonds. The van der Waals surface area contributed by atoms with Crippen LogP contribution in [-0.2, 0) is 17.7 Å². The number of piperidine rings is 1. The van der Waals surface area contributed by atoms with Gasteiger partial charge in [0.25, 0.3) is 5.91 Å². The summed E-state index contributed by atoms with van der Waals surface area (Å²) >= 11 is 0. The molecule has 172 valence electrons. The third-order valence-corrected chi connectivity index (χ3v) is 6.14. The van der Waals surface area contributed by atoms with Gasteiger partial charge in [0.2, 0.25) is 0 Å². The van der Waals surface area contributed by atoms with E-state index in [1.165, 1.54) is 11.3 Å². The average molecular weight is 440 g/mol. The molecule has 2 aliphatic rings. The van der Waals surface area contributed by atoms with E-state index in [1.54, 1.807) is 12.3 Å². The van der Waals surface area contributed by atoms with Gasteiger partial charge in [-0.25, -0.2) is 4.79 Å². The lowest BCUT2D eigenvalue weighted by Gasteiger charge is -2.33. The van der Waals surface area contributed by atoms with Crippen LogP contribution in [-0.4, -0.2) is 47.7 Å². The lowest BCUT2D eigenvalue weighted by atomic mass is 10.0. The number of fused-ring (bicyclic) bond motifs is 1. The number of likely N-dealkylation sites (tertiary alicyclic amines) is 1. The molecule has 7 heteroatoms. The monoisotopic (exact) mass is 439 g/mol. The van der Waals surface area contributed by atoms with Crippen LogP contribution in [0.2, 0.25) is 0 Å². The second-order valence-electron chi connectivity index (χ2n) is 9.78. The number of hydrogen-bond acceptors (Lipinski definition) is 5. The SMILES string of the molecule is CC1Cc2ccccc2N1Cc1occc1C(=O)N1CCC(NC(=O)OC(C)(C)C)CC1. The Balaban J connectivity index is 1.36. The Morgan fingerprint density at radius 2 is 1.88 bits per heavy atom. The van der Waals surface area contributed by atoms with Gasteiger partial charge in [-0.3, -0.25) is 4.79 Å². The predicted octanol–water partition coefficient (Wildman–Crippen LogP) is 4.36. The zero-order valence-electron chi connectivity index (χ0n) is 19.4. The minimum atomic E-state index is -0.522. The average Bonchev–Trinajstić information content (AvgIpc) is 3.31. The molecule has 1 N–H and O–H groups in total. The fourth-order valence-corrected chi connectivity index (χ4v) is 4.55. The summed E-state index contributed by atoms with van der Waals surface area (Å²) in [4.78, 5) is 29.4. The van der Waals surface area contributed by atoms with Gasteiger partial charge in [0, 0.05) is 30.9 Å². The summed E-state index contributed by atoms with van der Waals surface area (Å²) in [5.41, 5.74) is 2.65. The van der Waals surface area contributed by atoms with Crippen LogP contribution < -0.4 is 10.2 Å². The van der Waals surface area contributed by atoms with Gasteiger partial charge in [0.05, 0.1) is 18.4 Å². The highest BCUT2D eigenvalue weighted by Crippen LogP contribution is 2.34. The van der Waals surface area contributed by atoms with E-state index >= 15 is 0 Å². The largest absolute Gasteiger partial charge is 0.467 e. The second-order valence-corrected chi connectivity index (χ2v) is 9.78. The van der Waals surface area contributed by atoms with Gasteiger partial charge in [-0.1, -0.05) is 18.2 Å². The number of hydrogen-bond donors (Lipinski definition) is 1. The summed E-state index contributed by atoms with van der Waals surface area (Å²) < 4.78 is 11.1. The zero-order valence-corrected chi connectivity index (χ0v) is 19.4. The Labute approximate surface area is 189 Å². The first-order valence-electron chi connectivity index (χ1n) is 11.4. The third kappa shape index (κ3) is 4.92. The van der Waals surface area contributed by atoms with E-state index in [-0.39, 0.29) is 11.9 Å². The molecule has 1 atom stereocenters. The van der Waals surface area contributed by atoms with Crippen LogP contribution >= 0.6 is 0 Å². The van der Waals surface area contributed by atoms with Crippen LogP contribution in [0.4, 0.5) is 10.5 Å². The number of para-hydroxylation sites is 1. The van der Waals surface area contributed by atoms with Crippen molar-refractivity contribution in [2.24, 2.45) is 0 Å². The van der Waals surface area contributed by atoms with Gasteiger partial charge in [-0.15, -0.1) is 0 Å². The number of benzene rings is 1. The highest BCUT2D eigenvalue weighted by Gasteiger charge is 2.31. The van der Waals surface area contributed by atoms with E-state index in [9.17, 15) is 9.59 Å². The first-order chi connectivity index (χ1) is 15.2. The number of nitrogens with one attached hydrogen (secondary N) is 1. The van der Waals surface area contributed by atoms with Crippen LogP contribution in [0.5, 0.6) is 0 Å². The highest BCUT2D eigenvalue weighted by molar-refractivity contribution is 5.95. The minimum absolute atomic E-state index is 0.00963. The quantitative estimate of drug-likeness (QED) is 0.766. The minimum Gasteiger partial charge on any atom is -0.467 e. The molecule has 1 saturated heterocycles. The van der Waals surface area contributed by atoms with E-state index in [1.807, 2.05) is 31.7 Å². The molecule has 0 radical (unpaired) electrons. The maximum absolute atomic E-state index is 13.2. The number of ether oxygens (including phenoxy) is 1. The normalized spacial score (nSPS) is 19.1. The van der Waals surface area contributed by atoms with Crippen molar-refractivity contribution in [3.05, 3.63) is 53.5 Å². The van der Waals surface area contributed by atoms with Gasteiger partial charge in [0.1, 0.15) is 11.4 Å². The first-order valence-corrected chi connectivity index (χ1v) is 11.4.